The maximum atomic E-state index is 14.2. The average molecular weight is 576 g/mol. The van der Waals surface area contributed by atoms with Gasteiger partial charge in [0.1, 0.15) is 12.3 Å². The fourth-order valence-electron chi connectivity index (χ4n) is 2.97. The van der Waals surface area contributed by atoms with Crippen LogP contribution in [0.4, 0.5) is 27.6 Å². The van der Waals surface area contributed by atoms with Crippen LogP contribution in [-0.2, 0) is 4.79 Å². The Bertz CT molecular complexity index is 1220. The molecule has 1 amide bonds. The molecule has 5 nitrogen and oxygen atoms in total. The van der Waals surface area contributed by atoms with Gasteiger partial charge in [0.2, 0.25) is 5.82 Å². The first-order chi connectivity index (χ1) is 15.6. The zero-order chi connectivity index (χ0) is 24.4. The van der Waals surface area contributed by atoms with E-state index in [-0.39, 0.29) is 22.9 Å². The van der Waals surface area contributed by atoms with Gasteiger partial charge in [0, 0.05) is 0 Å². The van der Waals surface area contributed by atoms with Crippen LogP contribution in [0.3, 0.4) is 0 Å². The van der Waals surface area contributed by atoms with Crippen molar-refractivity contribution in [2.45, 2.75) is 13.8 Å². The molecule has 0 atom stereocenters. The Morgan fingerprint density at radius 1 is 1.09 bits per heavy atom. The van der Waals surface area contributed by atoms with Crippen molar-refractivity contribution in [2.24, 2.45) is 5.10 Å². The summed E-state index contributed by atoms with van der Waals surface area (Å²) in [4.78, 5) is 12.8. The van der Waals surface area contributed by atoms with Gasteiger partial charge in [-0.15, -0.1) is 6.42 Å². The molecule has 3 rings (SSSR count). The van der Waals surface area contributed by atoms with Gasteiger partial charge in [0.25, 0.3) is 5.91 Å². The second-order valence-electron chi connectivity index (χ2n) is 6.53. The number of hydrazone groups is 1. The van der Waals surface area contributed by atoms with Gasteiger partial charge in [-0.05, 0) is 60.2 Å². The number of halogens is 6. The number of carbonyl (C=O) groups is 1. The number of carbonyl (C=O) groups excluding carboxylic acids is 1. The predicted molar refractivity (Wildman–Crippen MR) is 119 cm³/mol. The van der Waals surface area contributed by atoms with E-state index in [1.165, 1.54) is 13.0 Å². The molecule has 0 spiro atoms. The quantitative estimate of drug-likeness (QED) is 0.119. The standard InChI is InChI=1S/C22H14F5IN2O3/c1-4-6-33-21-13(28)8-11(9-14(21)32-5-2)7-12-10(3)29-30(22(12)31)20-18(26)16(24)15(23)17(25)19(20)27/h1,7-9H,5-6H2,2-3H3/b12-7+. The van der Waals surface area contributed by atoms with E-state index < -0.39 is 40.7 Å². The number of hydrogen-bond acceptors (Lipinski definition) is 4. The lowest BCUT2D eigenvalue weighted by Gasteiger charge is -2.15. The van der Waals surface area contributed by atoms with E-state index >= 15 is 0 Å². The largest absolute Gasteiger partial charge is 0.490 e. The summed E-state index contributed by atoms with van der Waals surface area (Å²) in [5, 5.41) is 3.86. The number of anilines is 1. The second-order valence-corrected chi connectivity index (χ2v) is 7.70. The molecular weight excluding hydrogens is 562 g/mol. The first-order valence-corrected chi connectivity index (χ1v) is 10.4. The van der Waals surface area contributed by atoms with Crippen LogP contribution in [0.5, 0.6) is 11.5 Å². The molecule has 0 unspecified atom stereocenters. The highest BCUT2D eigenvalue weighted by molar-refractivity contribution is 14.1. The molecule has 0 saturated carbocycles. The number of ether oxygens (including phenoxy) is 2. The molecule has 0 saturated heterocycles. The molecule has 0 N–H and O–H groups in total. The van der Waals surface area contributed by atoms with E-state index in [9.17, 15) is 26.7 Å². The van der Waals surface area contributed by atoms with Crippen LogP contribution in [0, 0.1) is 45.0 Å². The molecule has 0 fully saturated rings. The summed E-state index contributed by atoms with van der Waals surface area (Å²) in [5.74, 6) is -9.03. The van der Waals surface area contributed by atoms with Gasteiger partial charge in [0.15, 0.2) is 34.8 Å². The summed E-state index contributed by atoms with van der Waals surface area (Å²) >= 11 is 1.97. The van der Waals surface area contributed by atoms with Crippen molar-refractivity contribution in [3.63, 3.8) is 0 Å². The summed E-state index contributed by atoms with van der Waals surface area (Å²) in [6.45, 7) is 3.41. The Balaban J connectivity index is 2.06. The maximum absolute atomic E-state index is 14.2. The fraction of sp³-hybridized carbons (Fsp3) is 0.182. The molecular formula is C22H14F5IN2O3. The van der Waals surface area contributed by atoms with E-state index in [0.29, 0.717) is 27.2 Å². The fourth-order valence-corrected chi connectivity index (χ4v) is 3.75. The first-order valence-electron chi connectivity index (χ1n) is 9.28. The minimum atomic E-state index is -2.33. The molecule has 172 valence electrons. The van der Waals surface area contributed by atoms with Crippen LogP contribution in [-0.4, -0.2) is 24.8 Å². The summed E-state index contributed by atoms with van der Waals surface area (Å²) in [7, 11) is 0. The van der Waals surface area contributed by atoms with Crippen molar-refractivity contribution in [1.29, 1.82) is 0 Å². The molecule has 0 aromatic heterocycles. The number of amides is 1. The monoisotopic (exact) mass is 576 g/mol. The third-order valence-electron chi connectivity index (χ3n) is 4.40. The minimum absolute atomic E-state index is 0.00234. The molecule has 1 aliphatic rings. The van der Waals surface area contributed by atoms with Gasteiger partial charge in [0.05, 0.1) is 21.5 Å². The van der Waals surface area contributed by atoms with Crippen LogP contribution in [0.25, 0.3) is 6.08 Å². The topological polar surface area (TPSA) is 51.1 Å². The second kappa shape index (κ2) is 9.78. The summed E-state index contributed by atoms with van der Waals surface area (Å²) in [6.07, 6.45) is 6.57. The third kappa shape index (κ3) is 4.52. The van der Waals surface area contributed by atoms with E-state index in [1.807, 2.05) is 22.6 Å². The lowest BCUT2D eigenvalue weighted by molar-refractivity contribution is -0.114. The van der Waals surface area contributed by atoms with Gasteiger partial charge in [-0.2, -0.15) is 10.1 Å². The van der Waals surface area contributed by atoms with E-state index in [1.54, 1.807) is 19.1 Å². The smallest absolute Gasteiger partial charge is 0.280 e. The molecule has 0 aliphatic carbocycles. The molecule has 0 bridgehead atoms. The highest BCUT2D eigenvalue weighted by Gasteiger charge is 2.37. The Labute approximate surface area is 199 Å². The Hall–Kier alpha value is -3.14. The number of terminal acetylenes is 1. The highest BCUT2D eigenvalue weighted by atomic mass is 127. The molecule has 2 aromatic carbocycles. The van der Waals surface area contributed by atoms with Gasteiger partial charge < -0.3 is 9.47 Å². The number of benzene rings is 2. The SMILES string of the molecule is C#CCOc1c(I)cc(/C=C2/C(=O)N(c3c(F)c(F)c(F)c(F)c3F)N=C2C)cc1OCC. The maximum Gasteiger partial charge on any atom is 0.280 e. The van der Waals surface area contributed by atoms with Crippen LogP contribution in [0.15, 0.2) is 22.8 Å². The minimum Gasteiger partial charge on any atom is -0.490 e. The van der Waals surface area contributed by atoms with Gasteiger partial charge in [-0.25, -0.2) is 22.0 Å². The van der Waals surface area contributed by atoms with Crippen molar-refractivity contribution in [1.82, 2.24) is 0 Å². The van der Waals surface area contributed by atoms with Gasteiger partial charge in [-0.1, -0.05) is 5.92 Å². The number of rotatable bonds is 6. The van der Waals surface area contributed by atoms with Gasteiger partial charge in [-0.3, -0.25) is 4.79 Å². The van der Waals surface area contributed by atoms with E-state index in [0.717, 1.165) is 0 Å². The van der Waals surface area contributed by atoms with Crippen LogP contribution >= 0.6 is 22.6 Å². The van der Waals surface area contributed by atoms with Crippen LogP contribution < -0.4 is 14.5 Å². The average Bonchev–Trinajstić information content (AvgIpc) is 3.04. The Morgan fingerprint density at radius 3 is 2.27 bits per heavy atom. The zero-order valence-corrected chi connectivity index (χ0v) is 19.3. The van der Waals surface area contributed by atoms with Crippen molar-refractivity contribution < 1.29 is 36.2 Å². The summed E-state index contributed by atoms with van der Waals surface area (Å²) in [6, 6.07) is 3.18. The molecule has 1 heterocycles. The molecule has 11 heteroatoms. The Morgan fingerprint density at radius 2 is 1.70 bits per heavy atom. The van der Waals surface area contributed by atoms with Crippen LogP contribution in [0.1, 0.15) is 19.4 Å². The summed E-state index contributed by atoms with van der Waals surface area (Å²) in [5.41, 5.74) is -1.13. The van der Waals surface area contributed by atoms with Crippen molar-refractivity contribution in [3.05, 3.63) is 55.9 Å². The van der Waals surface area contributed by atoms with Gasteiger partial charge >= 0.3 is 0 Å². The van der Waals surface area contributed by atoms with Crippen LogP contribution in [0.2, 0.25) is 0 Å². The lowest BCUT2D eigenvalue weighted by Crippen LogP contribution is -2.25. The van der Waals surface area contributed by atoms with Crippen molar-refractivity contribution in [2.75, 3.05) is 18.2 Å². The number of hydrogen-bond donors (Lipinski definition) is 0. The Kier molecular flexibility index (Phi) is 7.26. The molecule has 33 heavy (non-hydrogen) atoms. The number of nitrogens with zero attached hydrogens (tertiary/aromatic N) is 2. The normalized spacial score (nSPS) is 14.5. The summed E-state index contributed by atoms with van der Waals surface area (Å²) < 4.78 is 80.6. The van der Waals surface area contributed by atoms with E-state index in [2.05, 4.69) is 11.0 Å². The highest BCUT2D eigenvalue weighted by Crippen LogP contribution is 2.37. The van der Waals surface area contributed by atoms with Crippen molar-refractivity contribution >= 4 is 46.0 Å². The predicted octanol–water partition coefficient (Wildman–Crippen LogP) is 5.20. The molecule has 2 aromatic rings. The lowest BCUT2D eigenvalue weighted by atomic mass is 10.1. The zero-order valence-electron chi connectivity index (χ0n) is 17.1. The first kappa shape index (κ1) is 24.5. The molecule has 1 aliphatic heterocycles. The third-order valence-corrected chi connectivity index (χ3v) is 5.20. The molecule has 0 radical (unpaired) electrons. The van der Waals surface area contributed by atoms with E-state index in [4.69, 9.17) is 15.9 Å². The van der Waals surface area contributed by atoms with Crippen molar-refractivity contribution in [3.8, 4) is 23.8 Å².